The molecule has 1 aromatic carbocycles. The van der Waals surface area contributed by atoms with Gasteiger partial charge in [-0.1, -0.05) is 12.1 Å². The molecule has 0 saturated carbocycles. The van der Waals surface area contributed by atoms with Crippen molar-refractivity contribution in [3.05, 3.63) is 71.1 Å². The molecule has 0 fully saturated rings. The average Bonchev–Trinajstić information content (AvgIpc) is 3.22. The Kier molecular flexibility index (Phi) is 3.56. The van der Waals surface area contributed by atoms with Gasteiger partial charge in [-0.25, -0.2) is 9.18 Å². The van der Waals surface area contributed by atoms with Crippen molar-refractivity contribution in [1.29, 1.82) is 0 Å². The minimum Gasteiger partial charge on any atom is -0.467 e. The van der Waals surface area contributed by atoms with Crippen LogP contribution in [0.1, 0.15) is 17.4 Å². The largest absolute Gasteiger partial charge is 0.467 e. The van der Waals surface area contributed by atoms with Gasteiger partial charge < -0.3 is 14.6 Å². The Morgan fingerprint density at radius 1 is 1.24 bits per heavy atom. The van der Waals surface area contributed by atoms with Crippen LogP contribution in [0.3, 0.4) is 0 Å². The minimum atomic E-state index is -0.589. The summed E-state index contributed by atoms with van der Waals surface area (Å²) in [4.78, 5) is 28.3. The van der Waals surface area contributed by atoms with E-state index in [9.17, 15) is 14.0 Å². The number of benzene rings is 1. The van der Waals surface area contributed by atoms with Crippen LogP contribution in [0.25, 0.3) is 0 Å². The fourth-order valence-electron chi connectivity index (χ4n) is 3.25. The van der Waals surface area contributed by atoms with Crippen molar-refractivity contribution in [3.63, 3.8) is 0 Å². The summed E-state index contributed by atoms with van der Waals surface area (Å²) >= 11 is 0. The van der Waals surface area contributed by atoms with E-state index in [0.29, 0.717) is 35.7 Å². The van der Waals surface area contributed by atoms with Gasteiger partial charge in [0.05, 0.1) is 36.7 Å². The first-order chi connectivity index (χ1) is 12.0. The van der Waals surface area contributed by atoms with Gasteiger partial charge in [0.15, 0.2) is 0 Å². The summed E-state index contributed by atoms with van der Waals surface area (Å²) in [5.41, 5.74) is 1.85. The Hall–Kier alpha value is -3.09. The zero-order valence-corrected chi connectivity index (χ0v) is 13.5. The third kappa shape index (κ3) is 2.57. The summed E-state index contributed by atoms with van der Waals surface area (Å²) in [6.45, 7) is 0.660. The number of furan rings is 1. The van der Waals surface area contributed by atoms with E-state index >= 15 is 0 Å². The molecule has 1 N–H and O–H groups in total. The molecule has 2 aliphatic heterocycles. The van der Waals surface area contributed by atoms with Crippen molar-refractivity contribution in [1.82, 2.24) is 15.1 Å². The lowest BCUT2D eigenvalue weighted by Crippen LogP contribution is -2.45. The molecular formula is C18H16FN3O3. The number of likely N-dealkylation sites (N-methyl/N-ethyl adjacent to an activating group) is 1. The maximum atomic E-state index is 13.2. The SMILES string of the molecule is CN1C(=O)N[C@@H](c2ccc(F)cc2)C2=C1CN(Cc1ccco1)C2=O. The fourth-order valence-corrected chi connectivity index (χ4v) is 3.25. The van der Waals surface area contributed by atoms with Gasteiger partial charge in [0.2, 0.25) is 0 Å². The predicted octanol–water partition coefficient (Wildman–Crippen LogP) is 2.41. The average molecular weight is 341 g/mol. The predicted molar refractivity (Wildman–Crippen MR) is 86.6 cm³/mol. The Morgan fingerprint density at radius 3 is 2.68 bits per heavy atom. The first kappa shape index (κ1) is 15.4. The van der Waals surface area contributed by atoms with Gasteiger partial charge in [-0.15, -0.1) is 0 Å². The van der Waals surface area contributed by atoms with E-state index < -0.39 is 6.04 Å². The van der Waals surface area contributed by atoms with E-state index in [1.807, 2.05) is 0 Å². The van der Waals surface area contributed by atoms with Gasteiger partial charge in [-0.05, 0) is 29.8 Å². The number of carbonyl (C=O) groups excluding carboxylic acids is 2. The highest BCUT2D eigenvalue weighted by atomic mass is 19.1. The van der Waals surface area contributed by atoms with Crippen LogP contribution in [0.2, 0.25) is 0 Å². The zero-order valence-electron chi connectivity index (χ0n) is 13.5. The minimum absolute atomic E-state index is 0.160. The van der Waals surface area contributed by atoms with Crippen LogP contribution in [0, 0.1) is 5.82 Å². The number of halogens is 1. The summed E-state index contributed by atoms with van der Waals surface area (Å²) in [7, 11) is 1.63. The number of hydrogen-bond acceptors (Lipinski definition) is 3. The molecule has 6 nitrogen and oxygen atoms in total. The number of carbonyl (C=O) groups is 2. The molecule has 3 amide bonds. The molecule has 0 bridgehead atoms. The van der Waals surface area contributed by atoms with Gasteiger partial charge in [0, 0.05) is 7.05 Å². The summed E-state index contributed by atoms with van der Waals surface area (Å²) in [6.07, 6.45) is 1.56. The van der Waals surface area contributed by atoms with Gasteiger partial charge >= 0.3 is 6.03 Å². The Balaban J connectivity index is 1.69. The highest BCUT2D eigenvalue weighted by Gasteiger charge is 2.42. The van der Waals surface area contributed by atoms with Crippen LogP contribution in [0.4, 0.5) is 9.18 Å². The maximum Gasteiger partial charge on any atom is 0.322 e. The van der Waals surface area contributed by atoms with Crippen LogP contribution in [-0.2, 0) is 11.3 Å². The second kappa shape index (κ2) is 5.77. The van der Waals surface area contributed by atoms with E-state index in [2.05, 4.69) is 5.32 Å². The normalized spacial score (nSPS) is 20.2. The lowest BCUT2D eigenvalue weighted by atomic mass is 9.96. The number of nitrogens with zero attached hydrogens (tertiary/aromatic N) is 2. The molecule has 0 spiro atoms. The zero-order chi connectivity index (χ0) is 17.6. The number of hydrogen-bond donors (Lipinski definition) is 1. The summed E-state index contributed by atoms with van der Waals surface area (Å²) < 4.78 is 18.5. The molecule has 1 atom stereocenters. The van der Waals surface area contributed by atoms with Crippen molar-refractivity contribution in [2.75, 3.05) is 13.6 Å². The number of amides is 3. The van der Waals surface area contributed by atoms with Crippen LogP contribution < -0.4 is 5.32 Å². The molecule has 4 rings (SSSR count). The van der Waals surface area contributed by atoms with E-state index in [1.54, 1.807) is 42.5 Å². The monoisotopic (exact) mass is 341 g/mol. The van der Waals surface area contributed by atoms with E-state index in [-0.39, 0.29) is 17.8 Å². The molecule has 3 heterocycles. The first-order valence-electron chi connectivity index (χ1n) is 7.89. The van der Waals surface area contributed by atoms with Gasteiger partial charge in [0.25, 0.3) is 5.91 Å². The van der Waals surface area contributed by atoms with Crippen LogP contribution >= 0.6 is 0 Å². The maximum absolute atomic E-state index is 13.2. The third-order valence-electron chi connectivity index (χ3n) is 4.57. The molecule has 0 unspecified atom stereocenters. The third-order valence-corrected chi connectivity index (χ3v) is 4.57. The molecule has 2 aromatic rings. The molecule has 128 valence electrons. The molecule has 1 aromatic heterocycles. The van der Waals surface area contributed by atoms with E-state index in [4.69, 9.17) is 4.42 Å². The van der Waals surface area contributed by atoms with Crippen LogP contribution in [0.5, 0.6) is 0 Å². The number of urea groups is 1. The summed E-state index contributed by atoms with van der Waals surface area (Å²) in [5, 5.41) is 2.82. The van der Waals surface area contributed by atoms with Gasteiger partial charge in [-0.3, -0.25) is 9.69 Å². The van der Waals surface area contributed by atoms with Crippen LogP contribution in [-0.4, -0.2) is 35.3 Å². The standard InChI is InChI=1S/C18H16FN3O3/c1-21-14-10-22(9-13-3-2-8-25-13)17(23)15(14)16(20-18(21)24)11-4-6-12(19)7-5-11/h2-8,16H,9-10H2,1H3,(H,20,24)/t16-/m0/s1. The van der Waals surface area contributed by atoms with Crippen LogP contribution in [0.15, 0.2) is 58.3 Å². The van der Waals surface area contributed by atoms with E-state index in [1.165, 1.54) is 17.0 Å². The van der Waals surface area contributed by atoms with Crippen molar-refractivity contribution >= 4 is 11.9 Å². The van der Waals surface area contributed by atoms with Gasteiger partial charge in [0.1, 0.15) is 11.6 Å². The summed E-state index contributed by atoms with van der Waals surface area (Å²) in [5.74, 6) is 0.149. The Bertz CT molecular complexity index is 858. The van der Waals surface area contributed by atoms with Crippen molar-refractivity contribution in [2.45, 2.75) is 12.6 Å². The second-order valence-corrected chi connectivity index (χ2v) is 6.09. The Labute approximate surface area is 143 Å². The molecule has 0 radical (unpaired) electrons. The fraction of sp³-hybridized carbons (Fsp3) is 0.222. The smallest absolute Gasteiger partial charge is 0.322 e. The molecule has 25 heavy (non-hydrogen) atoms. The highest BCUT2D eigenvalue weighted by molar-refractivity contribution is 6.01. The molecular weight excluding hydrogens is 325 g/mol. The number of nitrogens with one attached hydrogen (secondary N) is 1. The quantitative estimate of drug-likeness (QED) is 0.932. The Morgan fingerprint density at radius 2 is 2.00 bits per heavy atom. The molecule has 0 saturated heterocycles. The van der Waals surface area contributed by atoms with Gasteiger partial charge in [-0.2, -0.15) is 0 Å². The molecule has 0 aliphatic carbocycles. The molecule has 2 aliphatic rings. The summed E-state index contributed by atoms with van der Waals surface area (Å²) in [6, 6.07) is 8.49. The lowest BCUT2D eigenvalue weighted by Gasteiger charge is -2.31. The number of rotatable bonds is 3. The highest BCUT2D eigenvalue weighted by Crippen LogP contribution is 2.36. The second-order valence-electron chi connectivity index (χ2n) is 6.09. The lowest BCUT2D eigenvalue weighted by molar-refractivity contribution is -0.126. The van der Waals surface area contributed by atoms with E-state index in [0.717, 1.165) is 0 Å². The topological polar surface area (TPSA) is 65.8 Å². The molecule has 7 heteroatoms. The van der Waals surface area contributed by atoms with Crippen molar-refractivity contribution in [2.24, 2.45) is 0 Å². The van der Waals surface area contributed by atoms with Crippen molar-refractivity contribution < 1.29 is 18.4 Å². The van der Waals surface area contributed by atoms with Crippen molar-refractivity contribution in [3.8, 4) is 0 Å². The first-order valence-corrected chi connectivity index (χ1v) is 7.89.